The highest BCUT2D eigenvalue weighted by molar-refractivity contribution is 6.00. The van der Waals surface area contributed by atoms with Crippen molar-refractivity contribution in [1.29, 1.82) is 0 Å². The van der Waals surface area contributed by atoms with Gasteiger partial charge in [0.25, 0.3) is 0 Å². The number of carbonyl (C=O) groups excluding carboxylic acids is 1. The second-order valence-electron chi connectivity index (χ2n) is 3.27. The highest BCUT2D eigenvalue weighted by atomic mass is 35.5. The number of Topliss-reactive ketones (excluding diaryl/α,β-unsaturated/α-hetero) is 1. The number of carboxylic acid groups (broad SMARTS) is 1. The molecule has 0 saturated heterocycles. The SMILES string of the molecule is COc1ccccc1C(=O)C[C@H](N)C(=O)O.Cl. The number of ether oxygens (including phenoxy) is 1. The number of carbonyl (C=O) groups is 2. The summed E-state index contributed by atoms with van der Waals surface area (Å²) >= 11 is 0. The van der Waals surface area contributed by atoms with E-state index in [4.69, 9.17) is 15.6 Å². The van der Waals surface area contributed by atoms with Crippen molar-refractivity contribution in [3.8, 4) is 5.75 Å². The Balaban J connectivity index is 0.00000256. The number of benzene rings is 1. The van der Waals surface area contributed by atoms with Crippen molar-refractivity contribution in [3.63, 3.8) is 0 Å². The number of hydrogen-bond acceptors (Lipinski definition) is 4. The Labute approximate surface area is 105 Å². The summed E-state index contributed by atoms with van der Waals surface area (Å²) in [7, 11) is 1.45. The summed E-state index contributed by atoms with van der Waals surface area (Å²) in [5.41, 5.74) is 5.63. The third-order valence-electron chi connectivity index (χ3n) is 2.13. The average Bonchev–Trinajstić information content (AvgIpc) is 2.28. The Kier molecular flexibility index (Phi) is 6.23. The van der Waals surface area contributed by atoms with E-state index in [2.05, 4.69) is 0 Å². The van der Waals surface area contributed by atoms with Crippen molar-refractivity contribution < 1.29 is 19.4 Å². The quantitative estimate of drug-likeness (QED) is 0.773. The summed E-state index contributed by atoms with van der Waals surface area (Å²) in [6.07, 6.45) is -0.240. The van der Waals surface area contributed by atoms with Gasteiger partial charge in [-0.2, -0.15) is 0 Å². The summed E-state index contributed by atoms with van der Waals surface area (Å²) in [5.74, 6) is -1.11. The predicted molar refractivity (Wildman–Crippen MR) is 64.8 cm³/mol. The topological polar surface area (TPSA) is 89.6 Å². The van der Waals surface area contributed by atoms with Gasteiger partial charge in [-0.3, -0.25) is 9.59 Å². The van der Waals surface area contributed by atoms with Crippen LogP contribution in [-0.2, 0) is 4.79 Å². The van der Waals surface area contributed by atoms with E-state index in [1.807, 2.05) is 0 Å². The number of para-hydroxylation sites is 1. The number of nitrogens with two attached hydrogens (primary N) is 1. The monoisotopic (exact) mass is 259 g/mol. The van der Waals surface area contributed by atoms with Crippen LogP contribution in [0.1, 0.15) is 16.8 Å². The Hall–Kier alpha value is -1.59. The summed E-state index contributed by atoms with van der Waals surface area (Å²) in [6.45, 7) is 0. The standard InChI is InChI=1S/C11H13NO4.ClH/c1-16-10-5-3-2-4-7(10)9(13)6-8(12)11(14)15;/h2-5,8H,6,12H2,1H3,(H,14,15);1H/t8-;/m0./s1. The van der Waals surface area contributed by atoms with Crippen LogP contribution in [0, 0.1) is 0 Å². The number of aliphatic carboxylic acids is 1. The molecule has 0 aliphatic carbocycles. The molecule has 0 amide bonds. The Bertz CT molecular complexity index is 408. The number of ketones is 1. The van der Waals surface area contributed by atoms with E-state index in [-0.39, 0.29) is 24.6 Å². The van der Waals surface area contributed by atoms with Crippen LogP contribution in [0.25, 0.3) is 0 Å². The van der Waals surface area contributed by atoms with Gasteiger partial charge < -0.3 is 15.6 Å². The fraction of sp³-hybridized carbons (Fsp3) is 0.273. The lowest BCUT2D eigenvalue weighted by Gasteiger charge is -2.08. The van der Waals surface area contributed by atoms with Crippen molar-refractivity contribution in [3.05, 3.63) is 29.8 Å². The highest BCUT2D eigenvalue weighted by Crippen LogP contribution is 2.19. The second kappa shape index (κ2) is 6.88. The molecule has 5 nitrogen and oxygen atoms in total. The largest absolute Gasteiger partial charge is 0.496 e. The van der Waals surface area contributed by atoms with Crippen LogP contribution in [0.2, 0.25) is 0 Å². The number of halogens is 1. The van der Waals surface area contributed by atoms with Crippen LogP contribution < -0.4 is 10.5 Å². The van der Waals surface area contributed by atoms with E-state index < -0.39 is 12.0 Å². The van der Waals surface area contributed by atoms with Gasteiger partial charge >= 0.3 is 5.97 Å². The predicted octanol–water partition coefficient (Wildman–Crippen LogP) is 1.10. The zero-order valence-electron chi connectivity index (χ0n) is 9.25. The zero-order chi connectivity index (χ0) is 12.1. The van der Waals surface area contributed by atoms with Gasteiger partial charge in [0.2, 0.25) is 0 Å². The van der Waals surface area contributed by atoms with Gasteiger partial charge in [0.15, 0.2) is 5.78 Å². The van der Waals surface area contributed by atoms with E-state index in [0.29, 0.717) is 11.3 Å². The minimum atomic E-state index is -1.19. The molecule has 0 heterocycles. The molecule has 1 aromatic rings. The molecule has 0 spiro atoms. The molecule has 0 fully saturated rings. The first-order valence-corrected chi connectivity index (χ1v) is 4.71. The second-order valence-corrected chi connectivity index (χ2v) is 3.27. The van der Waals surface area contributed by atoms with Gasteiger partial charge in [0, 0.05) is 6.42 Å². The highest BCUT2D eigenvalue weighted by Gasteiger charge is 2.19. The molecule has 0 aliphatic rings. The van der Waals surface area contributed by atoms with Gasteiger partial charge in [0.05, 0.1) is 12.7 Å². The lowest BCUT2D eigenvalue weighted by Crippen LogP contribution is -2.32. The Morgan fingerprint density at radius 3 is 2.53 bits per heavy atom. The average molecular weight is 260 g/mol. The summed E-state index contributed by atoms with van der Waals surface area (Å²) in [5, 5.41) is 8.60. The molecule has 0 aliphatic heterocycles. The van der Waals surface area contributed by atoms with E-state index in [1.54, 1.807) is 24.3 Å². The maximum Gasteiger partial charge on any atom is 0.320 e. The Morgan fingerprint density at radius 1 is 1.41 bits per heavy atom. The van der Waals surface area contributed by atoms with E-state index in [9.17, 15) is 9.59 Å². The molecular weight excluding hydrogens is 246 g/mol. The molecule has 3 N–H and O–H groups in total. The lowest BCUT2D eigenvalue weighted by molar-refractivity contribution is -0.138. The van der Waals surface area contributed by atoms with Crippen molar-refractivity contribution in [2.45, 2.75) is 12.5 Å². The maximum absolute atomic E-state index is 11.7. The molecule has 6 heteroatoms. The molecule has 0 radical (unpaired) electrons. The van der Waals surface area contributed by atoms with Crippen LogP contribution >= 0.6 is 12.4 Å². The molecule has 17 heavy (non-hydrogen) atoms. The minimum absolute atomic E-state index is 0. The van der Waals surface area contributed by atoms with Crippen molar-refractivity contribution in [2.75, 3.05) is 7.11 Å². The van der Waals surface area contributed by atoms with Crippen LogP contribution in [-0.4, -0.2) is 30.0 Å². The molecule has 0 unspecified atom stereocenters. The third kappa shape index (κ3) is 4.05. The summed E-state index contributed by atoms with van der Waals surface area (Å²) < 4.78 is 5.00. The molecule has 0 saturated carbocycles. The maximum atomic E-state index is 11.7. The molecular formula is C11H14ClNO4. The molecule has 1 atom stereocenters. The first-order valence-electron chi connectivity index (χ1n) is 4.71. The molecule has 0 bridgehead atoms. The van der Waals surface area contributed by atoms with E-state index >= 15 is 0 Å². The number of rotatable bonds is 5. The zero-order valence-corrected chi connectivity index (χ0v) is 10.1. The summed E-state index contributed by atoms with van der Waals surface area (Å²) in [4.78, 5) is 22.2. The number of methoxy groups -OCH3 is 1. The van der Waals surface area contributed by atoms with Crippen molar-refractivity contribution >= 4 is 24.2 Å². The molecule has 0 aromatic heterocycles. The fourth-order valence-corrected chi connectivity index (χ4v) is 1.27. The summed E-state index contributed by atoms with van der Waals surface area (Å²) in [6, 6.07) is 5.45. The fourth-order valence-electron chi connectivity index (χ4n) is 1.27. The first kappa shape index (κ1) is 15.4. The van der Waals surface area contributed by atoms with Crippen LogP contribution in [0.3, 0.4) is 0 Å². The number of carboxylic acids is 1. The smallest absolute Gasteiger partial charge is 0.320 e. The Morgan fingerprint density at radius 2 is 2.00 bits per heavy atom. The van der Waals surface area contributed by atoms with E-state index in [0.717, 1.165) is 0 Å². The lowest BCUT2D eigenvalue weighted by atomic mass is 10.0. The normalized spacial score (nSPS) is 11.2. The van der Waals surface area contributed by atoms with Gasteiger partial charge in [-0.05, 0) is 12.1 Å². The minimum Gasteiger partial charge on any atom is -0.496 e. The third-order valence-corrected chi connectivity index (χ3v) is 2.13. The van der Waals surface area contributed by atoms with Crippen LogP contribution in [0.15, 0.2) is 24.3 Å². The number of hydrogen-bond donors (Lipinski definition) is 2. The van der Waals surface area contributed by atoms with Crippen LogP contribution in [0.5, 0.6) is 5.75 Å². The molecule has 1 rings (SSSR count). The van der Waals surface area contributed by atoms with Gasteiger partial charge in [-0.15, -0.1) is 12.4 Å². The molecule has 1 aromatic carbocycles. The van der Waals surface area contributed by atoms with Gasteiger partial charge in [-0.25, -0.2) is 0 Å². The van der Waals surface area contributed by atoms with Crippen LogP contribution in [0.4, 0.5) is 0 Å². The first-order chi connectivity index (χ1) is 7.56. The van der Waals surface area contributed by atoms with Gasteiger partial charge in [0.1, 0.15) is 11.8 Å². The molecule has 94 valence electrons. The van der Waals surface area contributed by atoms with Crippen molar-refractivity contribution in [2.24, 2.45) is 5.73 Å². The van der Waals surface area contributed by atoms with Crippen molar-refractivity contribution in [1.82, 2.24) is 0 Å². The van der Waals surface area contributed by atoms with E-state index in [1.165, 1.54) is 7.11 Å². The van der Waals surface area contributed by atoms with Gasteiger partial charge in [-0.1, -0.05) is 12.1 Å².